The van der Waals surface area contributed by atoms with Gasteiger partial charge in [-0.3, -0.25) is 0 Å². The van der Waals surface area contributed by atoms with Crippen LogP contribution in [0.25, 0.3) is 0 Å². The Hall–Kier alpha value is 3.48. The van der Waals surface area contributed by atoms with E-state index in [0.29, 0.717) is 0 Å². The van der Waals surface area contributed by atoms with Gasteiger partial charge in [-0.2, -0.15) is 0 Å². The second-order valence-electron chi connectivity index (χ2n) is 11.8. The number of alkyl halides is 12. The monoisotopic (exact) mass is 924 g/mol. The molecule has 0 amide bonds. The lowest BCUT2D eigenvalue weighted by molar-refractivity contribution is 0.157. The van der Waals surface area contributed by atoms with E-state index in [1.807, 2.05) is 0 Å². The molecule has 0 aliphatic heterocycles. The Morgan fingerprint density at radius 3 is 0.646 bits per heavy atom. The summed E-state index contributed by atoms with van der Waals surface area (Å²) in [4.78, 5) is -1.11. The van der Waals surface area contributed by atoms with Gasteiger partial charge in [-0.1, -0.05) is 130 Å². The van der Waals surface area contributed by atoms with E-state index in [1.54, 1.807) is 34.6 Å². The largest absolute Gasteiger partial charge is 0.123 e. The Morgan fingerprint density at radius 2 is 0.479 bits per heavy atom. The normalized spacial score (nSPS) is 11.1. The summed E-state index contributed by atoms with van der Waals surface area (Å²) in [7, 11) is 0. The molecule has 0 rings (SSSR count). The van der Waals surface area contributed by atoms with E-state index in [2.05, 4.69) is 27.7 Å². The average molecular weight is 930 g/mol. The zero-order valence-corrected chi connectivity index (χ0v) is 40.6. The number of hydrogen-bond acceptors (Lipinski definition) is 0. The summed E-state index contributed by atoms with van der Waals surface area (Å²) < 4.78 is -0.550. The highest BCUT2D eigenvalue weighted by Gasteiger charge is 2.47. The number of hydrogen-bond donors (Lipinski definition) is 0. The summed E-state index contributed by atoms with van der Waals surface area (Å²) in [6.07, 6.45) is 25.5. The van der Waals surface area contributed by atoms with Crippen LogP contribution in [-0.4, -0.2) is 28.5 Å². The van der Waals surface area contributed by atoms with Crippen LogP contribution >= 0.6 is 139 Å². The van der Waals surface area contributed by atoms with Crippen molar-refractivity contribution in [1.29, 1.82) is 0 Å². The van der Waals surface area contributed by atoms with E-state index in [9.17, 15) is 0 Å². The molecule has 300 valence electrons. The first-order valence-corrected chi connectivity index (χ1v) is 23.1. The topological polar surface area (TPSA) is 0 Å². The molecule has 0 fully saturated rings. The van der Waals surface area contributed by atoms with Crippen LogP contribution in [-0.2, 0) is 0 Å². The Bertz CT molecular complexity index is 465. The molecule has 48 heavy (non-hydrogen) atoms. The van der Waals surface area contributed by atoms with Crippen molar-refractivity contribution >= 4 is 139 Å². The Labute approximate surface area is 360 Å². The predicted molar refractivity (Wildman–Crippen MR) is 238 cm³/mol. The molecule has 0 unspecified atom stereocenters. The molecule has 0 aromatic carbocycles. The van der Waals surface area contributed by atoms with Gasteiger partial charge in [0.25, 0.3) is 0 Å². The first kappa shape index (κ1) is 63.4. The maximum absolute atomic E-state index is 7.24. The smallest absolute Gasteiger partial charge is 0.106 e. The molecule has 0 bridgehead atoms. The molecule has 0 aromatic heterocycles. The molecule has 0 aliphatic carbocycles. The van der Waals surface area contributed by atoms with Gasteiger partial charge in [0, 0.05) is 5.41 Å². The third-order valence-corrected chi connectivity index (χ3v) is 7.83. The third kappa shape index (κ3) is 71.0. The van der Waals surface area contributed by atoms with E-state index in [0.717, 1.165) is 6.42 Å². The quantitative estimate of drug-likeness (QED) is 0.0795. The van der Waals surface area contributed by atoms with E-state index in [-0.39, 0.29) is 29.6 Å². The van der Waals surface area contributed by atoms with Crippen molar-refractivity contribution in [2.24, 2.45) is 5.41 Å². The highest BCUT2D eigenvalue weighted by atomic mass is 35.6. The summed E-state index contributed by atoms with van der Waals surface area (Å²) in [6, 6.07) is 0. The first-order chi connectivity index (χ1) is 22.2. The molecule has 0 aliphatic rings. The second kappa shape index (κ2) is 48.5. The van der Waals surface area contributed by atoms with Crippen molar-refractivity contribution in [1.82, 2.24) is 0 Å². The van der Waals surface area contributed by atoms with Gasteiger partial charge in [-0.15, -0.1) is 139 Å². The third-order valence-electron chi connectivity index (χ3n) is 6.65. The predicted octanol–water partition coefficient (Wildman–Crippen LogP) is 20.1. The summed E-state index contributed by atoms with van der Waals surface area (Å²) in [5, 5.41) is 0. The lowest BCUT2D eigenvalue weighted by Crippen LogP contribution is -2.40. The zero-order valence-electron chi connectivity index (χ0n) is 31.6. The molecule has 0 nitrogen and oxygen atoms in total. The van der Waals surface area contributed by atoms with Gasteiger partial charge < -0.3 is 0 Å². The van der Waals surface area contributed by atoms with Crippen molar-refractivity contribution in [2.75, 3.05) is 0 Å². The van der Waals surface area contributed by atoms with Crippen LogP contribution in [0.3, 0.4) is 0 Å². The van der Waals surface area contributed by atoms with Crippen molar-refractivity contribution in [3.8, 4) is 0 Å². The molecule has 0 heterocycles. The molecule has 0 atom stereocenters. The molecule has 0 saturated heterocycles. The van der Waals surface area contributed by atoms with Crippen LogP contribution in [0.5, 0.6) is 0 Å². The molecule has 0 aromatic rings. The summed E-state index contributed by atoms with van der Waals surface area (Å²) in [5.41, 5.74) is 0.123. The van der Waals surface area contributed by atoms with Gasteiger partial charge in [0.15, 0.2) is 0 Å². The SMILES string of the molecule is CC(Cl)Cl.CC(Cl)Cl.CC(Cl)Cl.CC(Cl)Cl.CC(Cl)Cl.CCCCCCC(Cl)(Cl)C(CCCCCC)(CCCCCC)CCCCCC. The van der Waals surface area contributed by atoms with Crippen LogP contribution < -0.4 is 0 Å². The highest BCUT2D eigenvalue weighted by Crippen LogP contribution is 2.54. The number of rotatable bonds is 21. The van der Waals surface area contributed by atoms with Crippen LogP contribution in [0.1, 0.15) is 191 Å². The van der Waals surface area contributed by atoms with Crippen molar-refractivity contribution < 1.29 is 0 Å². The fraction of sp³-hybridized carbons (Fsp3) is 1.00. The van der Waals surface area contributed by atoms with E-state index in [4.69, 9.17) is 139 Å². The molecule has 0 saturated carbocycles. The fourth-order valence-electron chi connectivity index (χ4n) is 4.63. The van der Waals surface area contributed by atoms with Crippen molar-refractivity contribution in [2.45, 2.75) is 219 Å². The lowest BCUT2D eigenvalue weighted by atomic mass is 9.69. The zero-order chi connectivity index (χ0) is 39.0. The molecule has 0 spiro atoms. The molecule has 12 heteroatoms. The molecule has 0 N–H and O–H groups in total. The van der Waals surface area contributed by atoms with Gasteiger partial charge in [-0.05, 0) is 60.3 Å². The van der Waals surface area contributed by atoms with Crippen molar-refractivity contribution in [3.05, 3.63) is 0 Å². The lowest BCUT2D eigenvalue weighted by Gasteiger charge is -2.45. The van der Waals surface area contributed by atoms with Gasteiger partial charge in [0.05, 0.1) is 0 Å². The second-order valence-corrected chi connectivity index (χ2v) is 21.0. The summed E-state index contributed by atoms with van der Waals surface area (Å²) in [6.45, 7) is 17.6. The van der Waals surface area contributed by atoms with Gasteiger partial charge >= 0.3 is 0 Å². The molecule has 0 radical (unpaired) electrons. The maximum atomic E-state index is 7.24. The molecular weight excluding hydrogens is 858 g/mol. The van der Waals surface area contributed by atoms with Crippen LogP contribution in [0.4, 0.5) is 0 Å². The molecular formula is C36H72Cl12. The Kier molecular flexibility index (Phi) is 64.1. The van der Waals surface area contributed by atoms with E-state index in [1.165, 1.54) is 122 Å². The minimum absolute atomic E-state index is 0.123. The number of halogens is 12. The maximum Gasteiger partial charge on any atom is 0.123 e. The highest BCUT2D eigenvalue weighted by molar-refractivity contribution is 6.49. The Morgan fingerprint density at radius 1 is 0.312 bits per heavy atom. The first-order valence-electron chi connectivity index (χ1n) is 17.9. The van der Waals surface area contributed by atoms with Crippen LogP contribution in [0, 0.1) is 5.41 Å². The van der Waals surface area contributed by atoms with Crippen LogP contribution in [0.2, 0.25) is 0 Å². The van der Waals surface area contributed by atoms with Gasteiger partial charge in [-0.25, -0.2) is 0 Å². The minimum Gasteiger partial charge on any atom is -0.106 e. The van der Waals surface area contributed by atoms with Gasteiger partial charge in [0.1, 0.15) is 28.5 Å². The standard InChI is InChI=1S/C26H52Cl2.5C2H4Cl2/c1-5-9-13-17-21-25(22-18-14-10-6-2,23-19-15-11-7-3)26(27,28)24-20-16-12-8-4;5*1-2(3)4/h5-24H2,1-4H3;5*2H,1H3. The number of unbranched alkanes of at least 4 members (excludes halogenated alkanes) is 12. The minimum atomic E-state index is -0.550. The van der Waals surface area contributed by atoms with E-state index < -0.39 is 4.33 Å². The summed E-state index contributed by atoms with van der Waals surface area (Å²) in [5.74, 6) is 0. The summed E-state index contributed by atoms with van der Waals surface area (Å²) >= 11 is 64.9. The van der Waals surface area contributed by atoms with Crippen molar-refractivity contribution in [3.63, 3.8) is 0 Å². The fourth-order valence-corrected chi connectivity index (χ4v) is 5.47. The average Bonchev–Trinajstić information content (AvgIpc) is 2.92. The van der Waals surface area contributed by atoms with Crippen LogP contribution in [0.15, 0.2) is 0 Å². The van der Waals surface area contributed by atoms with E-state index >= 15 is 0 Å². The van der Waals surface area contributed by atoms with Gasteiger partial charge in [0.2, 0.25) is 0 Å². The Balaban J connectivity index is -0.000000178.